The molecular formula is C26H24FN5O2S. The lowest BCUT2D eigenvalue weighted by Crippen LogP contribution is -2.41. The van der Waals surface area contributed by atoms with Gasteiger partial charge in [-0.2, -0.15) is 0 Å². The largest absolute Gasteiger partial charge is 0.486 e. The number of amides is 1. The minimum absolute atomic E-state index is 0.179. The molecule has 4 aromatic rings. The summed E-state index contributed by atoms with van der Waals surface area (Å²) in [6, 6.07) is 20.9. The van der Waals surface area contributed by atoms with E-state index in [1.807, 2.05) is 62.4 Å². The van der Waals surface area contributed by atoms with Crippen molar-refractivity contribution in [1.82, 2.24) is 14.9 Å². The number of aromatic nitrogens is 3. The zero-order chi connectivity index (χ0) is 24.4. The van der Waals surface area contributed by atoms with Gasteiger partial charge in [-0.25, -0.2) is 9.07 Å². The van der Waals surface area contributed by atoms with E-state index in [4.69, 9.17) is 4.74 Å². The number of benzene rings is 3. The number of fused-ring (bicyclic) bond motifs is 1. The van der Waals surface area contributed by atoms with Crippen LogP contribution in [0.2, 0.25) is 0 Å². The minimum Gasteiger partial charge on any atom is -0.486 e. The molecule has 7 nitrogen and oxygen atoms in total. The molecule has 2 N–H and O–H groups in total. The van der Waals surface area contributed by atoms with Gasteiger partial charge in [0.05, 0.1) is 6.04 Å². The van der Waals surface area contributed by atoms with Gasteiger partial charge in [-0.15, -0.1) is 10.2 Å². The van der Waals surface area contributed by atoms with Crippen LogP contribution in [0, 0.1) is 19.7 Å². The highest BCUT2D eigenvalue weighted by Crippen LogP contribution is 2.38. The van der Waals surface area contributed by atoms with E-state index in [2.05, 4.69) is 20.9 Å². The maximum Gasteiger partial charge on any atom is 0.240 e. The summed E-state index contributed by atoms with van der Waals surface area (Å²) in [6.07, 6.45) is 0. The van der Waals surface area contributed by atoms with Crippen molar-refractivity contribution in [3.63, 3.8) is 0 Å². The normalized spacial score (nSPS) is 16.8. The number of hydrogen-bond donors (Lipinski definition) is 2. The van der Waals surface area contributed by atoms with Gasteiger partial charge in [0, 0.05) is 5.69 Å². The lowest BCUT2D eigenvalue weighted by molar-refractivity contribution is -0.116. The number of para-hydroxylation sites is 1. The minimum atomic E-state index is -0.569. The second kappa shape index (κ2) is 9.79. The molecule has 0 bridgehead atoms. The zero-order valence-electron chi connectivity index (χ0n) is 19.2. The van der Waals surface area contributed by atoms with E-state index in [0.29, 0.717) is 16.7 Å². The van der Waals surface area contributed by atoms with E-state index in [-0.39, 0.29) is 18.3 Å². The average molecular weight is 490 g/mol. The van der Waals surface area contributed by atoms with E-state index in [1.54, 1.807) is 16.8 Å². The average Bonchev–Trinajstić information content (AvgIpc) is 3.28. The van der Waals surface area contributed by atoms with Crippen molar-refractivity contribution in [2.24, 2.45) is 0 Å². The van der Waals surface area contributed by atoms with Crippen molar-refractivity contribution in [3.05, 3.63) is 101 Å². The Labute approximate surface area is 206 Å². The number of nitrogens with one attached hydrogen (secondary N) is 2. The number of aryl methyl sites for hydroxylation is 1. The topological polar surface area (TPSA) is 81.1 Å². The first kappa shape index (κ1) is 22.9. The van der Waals surface area contributed by atoms with E-state index in [1.165, 1.54) is 23.9 Å². The van der Waals surface area contributed by atoms with Crippen LogP contribution in [-0.4, -0.2) is 26.0 Å². The molecule has 0 fully saturated rings. The molecule has 0 aliphatic carbocycles. The molecular weight excluding hydrogens is 465 g/mol. The number of thioether (sulfide) groups is 1. The predicted molar refractivity (Wildman–Crippen MR) is 133 cm³/mol. The van der Waals surface area contributed by atoms with E-state index < -0.39 is 11.3 Å². The molecule has 2 atom stereocenters. The lowest BCUT2D eigenvalue weighted by Gasteiger charge is -2.33. The molecule has 1 amide bonds. The highest BCUT2D eigenvalue weighted by Gasteiger charge is 2.38. The van der Waals surface area contributed by atoms with Crippen molar-refractivity contribution < 1.29 is 13.9 Å². The summed E-state index contributed by atoms with van der Waals surface area (Å²) >= 11 is 1.31. The Morgan fingerprint density at radius 2 is 1.83 bits per heavy atom. The Bertz CT molecular complexity index is 1340. The fraction of sp³-hybridized carbons (Fsp3) is 0.192. The van der Waals surface area contributed by atoms with Crippen LogP contribution in [0.25, 0.3) is 0 Å². The predicted octanol–water partition coefficient (Wildman–Crippen LogP) is 5.01. The van der Waals surface area contributed by atoms with Crippen molar-refractivity contribution in [3.8, 4) is 5.75 Å². The Kier molecular flexibility index (Phi) is 6.41. The molecule has 0 radical (unpaired) electrons. The fourth-order valence-corrected chi connectivity index (χ4v) is 4.97. The van der Waals surface area contributed by atoms with Gasteiger partial charge in [-0.3, -0.25) is 4.79 Å². The number of ether oxygens (including phenoxy) is 1. The van der Waals surface area contributed by atoms with Gasteiger partial charge >= 0.3 is 0 Å². The van der Waals surface area contributed by atoms with Crippen LogP contribution in [0.3, 0.4) is 0 Å². The summed E-state index contributed by atoms with van der Waals surface area (Å²) in [5.74, 6) is 0.767. The van der Waals surface area contributed by atoms with Crippen LogP contribution in [0.15, 0.2) is 78.0 Å². The van der Waals surface area contributed by atoms with Crippen molar-refractivity contribution in [1.29, 1.82) is 0 Å². The molecule has 2 heterocycles. The molecule has 3 aromatic carbocycles. The van der Waals surface area contributed by atoms with Crippen LogP contribution in [-0.2, 0) is 11.4 Å². The quantitative estimate of drug-likeness (QED) is 0.396. The molecule has 5 rings (SSSR count). The lowest BCUT2D eigenvalue weighted by atomic mass is 10.0. The van der Waals surface area contributed by atoms with Crippen LogP contribution < -0.4 is 15.5 Å². The summed E-state index contributed by atoms with van der Waals surface area (Å²) in [5, 5.41) is 11.6. The summed E-state index contributed by atoms with van der Waals surface area (Å²) in [6.45, 7) is 4.18. The summed E-state index contributed by atoms with van der Waals surface area (Å²) in [7, 11) is 0. The van der Waals surface area contributed by atoms with Crippen molar-refractivity contribution in [2.75, 3.05) is 10.7 Å². The second-order valence-corrected chi connectivity index (χ2v) is 9.38. The van der Waals surface area contributed by atoms with Gasteiger partial charge in [-0.1, -0.05) is 54.2 Å². The van der Waals surface area contributed by atoms with Crippen LogP contribution in [0.4, 0.5) is 10.1 Å². The van der Waals surface area contributed by atoms with E-state index in [9.17, 15) is 9.18 Å². The summed E-state index contributed by atoms with van der Waals surface area (Å²) in [5.41, 5.74) is 7.01. The molecule has 1 aromatic heterocycles. The monoisotopic (exact) mass is 489 g/mol. The first-order valence-corrected chi connectivity index (χ1v) is 12.1. The van der Waals surface area contributed by atoms with E-state index in [0.717, 1.165) is 22.4 Å². The highest BCUT2D eigenvalue weighted by atomic mass is 32.2. The van der Waals surface area contributed by atoms with Gasteiger partial charge in [0.2, 0.25) is 11.1 Å². The Balaban J connectivity index is 1.43. The third kappa shape index (κ3) is 4.85. The number of hydrogen-bond acceptors (Lipinski definition) is 6. The second-order valence-electron chi connectivity index (χ2n) is 8.27. The molecule has 0 saturated carbocycles. The summed E-state index contributed by atoms with van der Waals surface area (Å²) < 4.78 is 21.2. The Hall–Kier alpha value is -3.85. The van der Waals surface area contributed by atoms with Gasteiger partial charge in [-0.05, 0) is 60.9 Å². The number of carbonyl (C=O) groups excluding carboxylic acids is 1. The number of carbonyl (C=O) groups is 1. The molecule has 9 heteroatoms. The number of anilines is 1. The smallest absolute Gasteiger partial charge is 0.240 e. The molecule has 178 valence electrons. The molecule has 0 unspecified atom stereocenters. The maximum atomic E-state index is 13.6. The molecule has 35 heavy (non-hydrogen) atoms. The molecule has 0 spiro atoms. The first-order valence-electron chi connectivity index (χ1n) is 11.2. The fourth-order valence-electron chi connectivity index (χ4n) is 3.87. The molecule has 1 aliphatic heterocycles. The van der Waals surface area contributed by atoms with Crippen LogP contribution in [0.1, 0.15) is 28.6 Å². The van der Waals surface area contributed by atoms with Crippen LogP contribution >= 0.6 is 11.8 Å². The molecule has 0 saturated heterocycles. The number of rotatable bonds is 6. The van der Waals surface area contributed by atoms with E-state index >= 15 is 0 Å². The van der Waals surface area contributed by atoms with Gasteiger partial charge in [0.25, 0.3) is 0 Å². The van der Waals surface area contributed by atoms with Crippen molar-refractivity contribution in [2.45, 2.75) is 36.9 Å². The zero-order valence-corrected chi connectivity index (χ0v) is 20.1. The van der Waals surface area contributed by atoms with Gasteiger partial charge in [0.15, 0.2) is 5.82 Å². The number of halogens is 1. The van der Waals surface area contributed by atoms with Crippen LogP contribution in [0.5, 0.6) is 5.75 Å². The third-order valence-corrected chi connectivity index (χ3v) is 7.18. The highest BCUT2D eigenvalue weighted by molar-refractivity contribution is 8.00. The molecule has 1 aliphatic rings. The standard InChI is InChI=1S/C26H24FN5O2S/c1-16-7-6-10-21(17(16)2)28-25(33)24-23(18-11-13-19(27)14-12-18)31-32-22(29-30-26(32)35-24)15-34-20-8-4-3-5-9-20/h3-14,23-24,31H,15H2,1-2H3,(H,28,33)/t23-,24-/m0/s1. The van der Waals surface area contributed by atoms with Crippen molar-refractivity contribution >= 4 is 23.4 Å². The maximum absolute atomic E-state index is 13.6. The number of nitrogens with zero attached hydrogens (tertiary/aromatic N) is 3. The third-order valence-electron chi connectivity index (χ3n) is 5.96. The SMILES string of the molecule is Cc1cccc(NC(=O)[C@H]2Sc3nnc(COc4ccccc4)n3N[C@H]2c2ccc(F)cc2)c1C. The van der Waals surface area contributed by atoms with Gasteiger partial charge in [0.1, 0.15) is 23.4 Å². The Morgan fingerprint density at radius 1 is 1.06 bits per heavy atom. The summed E-state index contributed by atoms with van der Waals surface area (Å²) in [4.78, 5) is 13.5. The first-order chi connectivity index (χ1) is 17.0. The Morgan fingerprint density at radius 3 is 2.60 bits per heavy atom. The van der Waals surface area contributed by atoms with Gasteiger partial charge < -0.3 is 15.5 Å².